The van der Waals surface area contributed by atoms with E-state index < -0.39 is 29.1 Å². The van der Waals surface area contributed by atoms with E-state index in [1.54, 1.807) is 27.7 Å². The van der Waals surface area contributed by atoms with Crippen LogP contribution >= 0.6 is 0 Å². The van der Waals surface area contributed by atoms with Crippen LogP contribution in [0.4, 0.5) is 4.39 Å². The Morgan fingerprint density at radius 3 is 1.68 bits per heavy atom. The Hall–Kier alpha value is -1.39. The second-order valence-electron chi connectivity index (χ2n) is 4.97. The molecule has 110 valence electrons. The van der Waals surface area contributed by atoms with Crippen LogP contribution in [0, 0.1) is 11.3 Å². The maximum absolute atomic E-state index is 14.2. The minimum atomic E-state index is -1.30. The molecule has 0 aromatic heterocycles. The molecule has 0 bridgehead atoms. The first-order valence-electron chi connectivity index (χ1n) is 6.36. The third kappa shape index (κ3) is 4.33. The summed E-state index contributed by atoms with van der Waals surface area (Å²) in [7, 11) is 0. The fraction of sp³-hybridized carbons (Fsp3) is 0.714. The molecule has 0 fully saturated rings. The van der Waals surface area contributed by atoms with E-state index in [2.05, 4.69) is 0 Å². The maximum atomic E-state index is 14.2. The molecule has 0 aromatic rings. The molecule has 5 heteroatoms. The molecule has 0 aliphatic rings. The summed E-state index contributed by atoms with van der Waals surface area (Å²) in [6.45, 7) is 9.67. The molecule has 19 heavy (non-hydrogen) atoms. The lowest BCUT2D eigenvalue weighted by molar-refractivity contribution is -0.166. The van der Waals surface area contributed by atoms with E-state index in [1.165, 1.54) is 13.8 Å². The fourth-order valence-electron chi connectivity index (χ4n) is 1.91. The van der Waals surface area contributed by atoms with Crippen LogP contribution in [0.3, 0.4) is 0 Å². The van der Waals surface area contributed by atoms with Crippen LogP contribution in [0.15, 0.2) is 11.4 Å². The summed E-state index contributed by atoms with van der Waals surface area (Å²) in [5.74, 6) is -3.33. The first kappa shape index (κ1) is 17.6. The molecule has 0 radical (unpaired) electrons. The quantitative estimate of drug-likeness (QED) is 0.552. The van der Waals surface area contributed by atoms with Crippen LogP contribution in [0.25, 0.3) is 0 Å². The zero-order valence-corrected chi connectivity index (χ0v) is 12.5. The topological polar surface area (TPSA) is 52.6 Å². The van der Waals surface area contributed by atoms with Gasteiger partial charge in [0.15, 0.2) is 5.92 Å². The molecule has 0 saturated heterocycles. The highest BCUT2D eigenvalue weighted by Gasteiger charge is 2.46. The van der Waals surface area contributed by atoms with Gasteiger partial charge in [-0.2, -0.15) is 0 Å². The summed E-state index contributed by atoms with van der Waals surface area (Å²) in [6, 6.07) is 0. The average Bonchev–Trinajstić information content (AvgIpc) is 2.28. The summed E-state index contributed by atoms with van der Waals surface area (Å²) >= 11 is 0. The van der Waals surface area contributed by atoms with Gasteiger partial charge in [0.25, 0.3) is 0 Å². The second-order valence-corrected chi connectivity index (χ2v) is 4.97. The van der Waals surface area contributed by atoms with Crippen molar-refractivity contribution in [3.63, 3.8) is 0 Å². The number of hydrogen-bond donors (Lipinski definition) is 0. The number of carbonyl (C=O) groups excluding carboxylic acids is 2. The standard InChI is InChI=1S/C14H23FO4/c1-7-18-12(16)10(13(17)19-8-2)14(5,6)11(15)9(3)4/h10H,7-8H2,1-6H3. The Bertz CT molecular complexity index is 350. The first-order valence-corrected chi connectivity index (χ1v) is 6.36. The van der Waals surface area contributed by atoms with Crippen molar-refractivity contribution in [2.75, 3.05) is 13.2 Å². The van der Waals surface area contributed by atoms with Crippen molar-refractivity contribution >= 4 is 11.9 Å². The van der Waals surface area contributed by atoms with Gasteiger partial charge in [-0.1, -0.05) is 13.8 Å². The zero-order valence-electron chi connectivity index (χ0n) is 12.5. The van der Waals surface area contributed by atoms with Gasteiger partial charge in [0.05, 0.1) is 13.2 Å². The largest absolute Gasteiger partial charge is 0.465 e. The fourth-order valence-corrected chi connectivity index (χ4v) is 1.91. The Labute approximate surface area is 114 Å². The number of rotatable bonds is 6. The molecular weight excluding hydrogens is 251 g/mol. The molecule has 0 rings (SSSR count). The summed E-state index contributed by atoms with van der Waals surface area (Å²) < 4.78 is 23.9. The third-order valence-corrected chi connectivity index (χ3v) is 2.77. The Morgan fingerprint density at radius 1 is 1.05 bits per heavy atom. The highest BCUT2D eigenvalue weighted by molar-refractivity contribution is 5.96. The van der Waals surface area contributed by atoms with Crippen molar-refractivity contribution < 1.29 is 23.5 Å². The number of hydrogen-bond acceptors (Lipinski definition) is 4. The molecule has 4 nitrogen and oxygen atoms in total. The number of esters is 2. The van der Waals surface area contributed by atoms with E-state index in [0.717, 1.165) is 0 Å². The molecular formula is C14H23FO4. The lowest BCUT2D eigenvalue weighted by Gasteiger charge is -2.30. The second kappa shape index (κ2) is 7.26. The molecule has 0 heterocycles. The van der Waals surface area contributed by atoms with Crippen LogP contribution in [-0.2, 0) is 19.1 Å². The highest BCUT2D eigenvalue weighted by Crippen LogP contribution is 2.39. The Kier molecular flexibility index (Phi) is 6.73. The molecule has 0 aromatic carbocycles. The van der Waals surface area contributed by atoms with E-state index in [0.29, 0.717) is 5.57 Å². The van der Waals surface area contributed by atoms with Crippen molar-refractivity contribution in [2.24, 2.45) is 11.3 Å². The van der Waals surface area contributed by atoms with Crippen LogP contribution in [0.5, 0.6) is 0 Å². The lowest BCUT2D eigenvalue weighted by atomic mass is 9.76. The van der Waals surface area contributed by atoms with Gasteiger partial charge < -0.3 is 9.47 Å². The molecule has 0 amide bonds. The summed E-state index contributed by atoms with van der Waals surface area (Å²) in [5, 5.41) is 0. The smallest absolute Gasteiger partial charge is 0.321 e. The molecule has 0 atom stereocenters. The number of carbonyl (C=O) groups is 2. The van der Waals surface area contributed by atoms with Crippen LogP contribution in [0.1, 0.15) is 41.5 Å². The Balaban J connectivity index is 5.52. The predicted octanol–water partition coefficient (Wildman–Crippen LogP) is 3.02. The van der Waals surface area contributed by atoms with Crippen molar-refractivity contribution in [3.05, 3.63) is 11.4 Å². The number of allylic oxidation sites excluding steroid dienone is 2. The van der Waals surface area contributed by atoms with Crippen molar-refractivity contribution in [2.45, 2.75) is 41.5 Å². The third-order valence-electron chi connectivity index (χ3n) is 2.77. The predicted molar refractivity (Wildman–Crippen MR) is 70.0 cm³/mol. The van der Waals surface area contributed by atoms with E-state index in [9.17, 15) is 14.0 Å². The lowest BCUT2D eigenvalue weighted by Crippen LogP contribution is -2.40. The summed E-state index contributed by atoms with van der Waals surface area (Å²) in [6.07, 6.45) is 0. The molecule has 0 N–H and O–H groups in total. The van der Waals surface area contributed by atoms with E-state index in [4.69, 9.17) is 9.47 Å². The van der Waals surface area contributed by atoms with E-state index in [1.807, 2.05) is 0 Å². The average molecular weight is 274 g/mol. The normalized spacial score (nSPS) is 11.2. The molecule has 0 spiro atoms. The van der Waals surface area contributed by atoms with Gasteiger partial charge in [-0.05, 0) is 33.3 Å². The van der Waals surface area contributed by atoms with E-state index in [-0.39, 0.29) is 13.2 Å². The van der Waals surface area contributed by atoms with Gasteiger partial charge in [-0.15, -0.1) is 0 Å². The van der Waals surface area contributed by atoms with Gasteiger partial charge in [-0.3, -0.25) is 9.59 Å². The van der Waals surface area contributed by atoms with Crippen LogP contribution in [-0.4, -0.2) is 25.2 Å². The van der Waals surface area contributed by atoms with Gasteiger partial charge in [0, 0.05) is 5.41 Å². The first-order chi connectivity index (χ1) is 8.69. The summed E-state index contributed by atoms with van der Waals surface area (Å²) in [5.41, 5.74) is -0.874. The number of ether oxygens (including phenoxy) is 2. The van der Waals surface area contributed by atoms with Crippen LogP contribution in [0.2, 0.25) is 0 Å². The van der Waals surface area contributed by atoms with Crippen LogP contribution < -0.4 is 0 Å². The van der Waals surface area contributed by atoms with Crippen molar-refractivity contribution in [1.29, 1.82) is 0 Å². The van der Waals surface area contributed by atoms with Gasteiger partial charge in [-0.25, -0.2) is 4.39 Å². The molecule has 0 saturated carbocycles. The molecule has 0 unspecified atom stereocenters. The highest BCUT2D eigenvalue weighted by atomic mass is 19.1. The molecule has 0 aliphatic carbocycles. The van der Waals surface area contributed by atoms with Gasteiger partial charge in [0.2, 0.25) is 0 Å². The van der Waals surface area contributed by atoms with Crippen molar-refractivity contribution in [1.82, 2.24) is 0 Å². The zero-order chi connectivity index (χ0) is 15.2. The SMILES string of the molecule is CCOC(=O)C(C(=O)OCC)C(C)(C)C(F)=C(C)C. The minimum absolute atomic E-state index is 0.126. The maximum Gasteiger partial charge on any atom is 0.321 e. The molecule has 0 aliphatic heterocycles. The summed E-state index contributed by atoms with van der Waals surface area (Å²) in [4.78, 5) is 23.8. The minimum Gasteiger partial charge on any atom is -0.465 e. The van der Waals surface area contributed by atoms with Gasteiger partial charge >= 0.3 is 11.9 Å². The van der Waals surface area contributed by atoms with Gasteiger partial charge in [0.1, 0.15) is 5.83 Å². The van der Waals surface area contributed by atoms with E-state index >= 15 is 0 Å². The van der Waals surface area contributed by atoms with Crippen molar-refractivity contribution in [3.8, 4) is 0 Å². The Morgan fingerprint density at radius 2 is 1.42 bits per heavy atom. The number of halogens is 1. The monoisotopic (exact) mass is 274 g/mol.